The van der Waals surface area contributed by atoms with Gasteiger partial charge in [-0.05, 0) is 6.07 Å². The Morgan fingerprint density at radius 2 is 2.41 bits per heavy atom. The molecule has 17 heavy (non-hydrogen) atoms. The quantitative estimate of drug-likeness (QED) is 0.653. The zero-order valence-electron chi connectivity index (χ0n) is 9.82. The number of anilines is 1. The SMILES string of the molecule is COc1ncc(N)cc1C#CCCSC(C)=O. The highest BCUT2D eigenvalue weighted by Crippen LogP contribution is 2.16. The van der Waals surface area contributed by atoms with Crippen LogP contribution in [0, 0.1) is 11.8 Å². The molecule has 0 fully saturated rings. The van der Waals surface area contributed by atoms with Crippen LogP contribution in [0.5, 0.6) is 5.88 Å². The number of thioether (sulfide) groups is 1. The van der Waals surface area contributed by atoms with Crippen molar-refractivity contribution >= 4 is 22.6 Å². The fourth-order valence-electron chi connectivity index (χ4n) is 1.12. The molecule has 0 saturated heterocycles. The molecule has 0 spiro atoms. The summed E-state index contributed by atoms with van der Waals surface area (Å²) in [6, 6.07) is 1.72. The molecule has 0 atom stereocenters. The van der Waals surface area contributed by atoms with Gasteiger partial charge in [0.25, 0.3) is 0 Å². The van der Waals surface area contributed by atoms with E-state index in [1.807, 2.05) is 0 Å². The summed E-state index contributed by atoms with van der Waals surface area (Å²) in [5.74, 6) is 7.06. The first-order valence-corrected chi connectivity index (χ1v) is 6.03. The van der Waals surface area contributed by atoms with E-state index >= 15 is 0 Å². The van der Waals surface area contributed by atoms with E-state index in [0.29, 0.717) is 29.3 Å². The van der Waals surface area contributed by atoms with Crippen LogP contribution >= 0.6 is 11.8 Å². The lowest BCUT2D eigenvalue weighted by Gasteiger charge is -2.01. The Bertz CT molecular complexity index is 463. The number of ether oxygens (including phenoxy) is 1. The summed E-state index contributed by atoms with van der Waals surface area (Å²) < 4.78 is 5.07. The van der Waals surface area contributed by atoms with Crippen molar-refractivity contribution < 1.29 is 9.53 Å². The molecule has 0 radical (unpaired) electrons. The van der Waals surface area contributed by atoms with Gasteiger partial charge in [-0.15, -0.1) is 0 Å². The van der Waals surface area contributed by atoms with E-state index in [-0.39, 0.29) is 5.12 Å². The van der Waals surface area contributed by atoms with Crippen LogP contribution in [-0.4, -0.2) is 23.0 Å². The molecule has 90 valence electrons. The second-order valence-electron chi connectivity index (χ2n) is 3.22. The molecule has 0 aromatic carbocycles. The zero-order chi connectivity index (χ0) is 12.7. The Morgan fingerprint density at radius 1 is 1.65 bits per heavy atom. The summed E-state index contributed by atoms with van der Waals surface area (Å²) in [7, 11) is 1.54. The first-order valence-electron chi connectivity index (χ1n) is 5.05. The van der Waals surface area contributed by atoms with Crippen molar-refractivity contribution in [3.63, 3.8) is 0 Å². The van der Waals surface area contributed by atoms with E-state index in [1.54, 1.807) is 13.0 Å². The molecule has 0 bridgehead atoms. The molecule has 0 unspecified atom stereocenters. The number of carbonyl (C=O) groups excluding carboxylic acids is 1. The maximum absolute atomic E-state index is 10.7. The number of hydrogen-bond acceptors (Lipinski definition) is 5. The molecular formula is C12H14N2O2S. The number of hydrogen-bond donors (Lipinski definition) is 1. The predicted octanol–water partition coefficient (Wildman–Crippen LogP) is 1.69. The van der Waals surface area contributed by atoms with Gasteiger partial charge in [-0.3, -0.25) is 4.79 Å². The van der Waals surface area contributed by atoms with Gasteiger partial charge in [0.05, 0.1) is 24.6 Å². The summed E-state index contributed by atoms with van der Waals surface area (Å²) in [5.41, 5.74) is 6.83. The largest absolute Gasteiger partial charge is 0.480 e. The zero-order valence-corrected chi connectivity index (χ0v) is 10.6. The smallest absolute Gasteiger partial charge is 0.229 e. The van der Waals surface area contributed by atoms with E-state index in [4.69, 9.17) is 10.5 Å². The minimum Gasteiger partial charge on any atom is -0.480 e. The Hall–Kier alpha value is -1.67. The molecule has 0 aliphatic carbocycles. The second-order valence-corrected chi connectivity index (χ2v) is 4.49. The van der Waals surface area contributed by atoms with E-state index in [9.17, 15) is 4.79 Å². The van der Waals surface area contributed by atoms with Gasteiger partial charge >= 0.3 is 0 Å². The highest BCUT2D eigenvalue weighted by Gasteiger charge is 2.01. The summed E-state index contributed by atoms with van der Waals surface area (Å²) in [6.07, 6.45) is 2.16. The van der Waals surface area contributed by atoms with Crippen molar-refractivity contribution in [1.29, 1.82) is 0 Å². The molecule has 1 heterocycles. The molecule has 1 aromatic rings. The number of aromatic nitrogens is 1. The lowest BCUT2D eigenvalue weighted by atomic mass is 10.2. The lowest BCUT2D eigenvalue weighted by Crippen LogP contribution is -1.94. The fraction of sp³-hybridized carbons (Fsp3) is 0.333. The molecule has 4 nitrogen and oxygen atoms in total. The van der Waals surface area contributed by atoms with E-state index in [1.165, 1.54) is 25.1 Å². The van der Waals surface area contributed by atoms with Crippen molar-refractivity contribution in [3.8, 4) is 17.7 Å². The van der Waals surface area contributed by atoms with Crippen LogP contribution in [0.4, 0.5) is 5.69 Å². The summed E-state index contributed by atoms with van der Waals surface area (Å²) in [5, 5.41) is 0.106. The van der Waals surface area contributed by atoms with Gasteiger partial charge in [-0.25, -0.2) is 4.98 Å². The Labute approximate surface area is 105 Å². The fourth-order valence-corrected chi connectivity index (χ4v) is 1.62. The minimum atomic E-state index is 0.106. The van der Waals surface area contributed by atoms with Crippen molar-refractivity contribution in [2.75, 3.05) is 18.6 Å². The number of nitrogen functional groups attached to an aromatic ring is 1. The topological polar surface area (TPSA) is 65.2 Å². The second kappa shape index (κ2) is 6.81. The average molecular weight is 250 g/mol. The van der Waals surface area contributed by atoms with E-state index < -0.39 is 0 Å². The third kappa shape index (κ3) is 4.79. The molecule has 1 rings (SSSR count). The molecule has 5 heteroatoms. The van der Waals surface area contributed by atoms with Gasteiger partial charge in [0.2, 0.25) is 5.88 Å². The number of nitrogens with zero attached hydrogens (tertiary/aromatic N) is 1. The van der Waals surface area contributed by atoms with Gasteiger partial charge in [0.1, 0.15) is 0 Å². The van der Waals surface area contributed by atoms with Gasteiger partial charge in [-0.1, -0.05) is 23.6 Å². The van der Waals surface area contributed by atoms with Crippen molar-refractivity contribution in [1.82, 2.24) is 4.98 Å². The number of methoxy groups -OCH3 is 1. The van der Waals surface area contributed by atoms with Crippen LogP contribution in [0.1, 0.15) is 18.9 Å². The first kappa shape index (κ1) is 13.4. The van der Waals surface area contributed by atoms with Crippen LogP contribution < -0.4 is 10.5 Å². The highest BCUT2D eigenvalue weighted by molar-refractivity contribution is 8.13. The predicted molar refractivity (Wildman–Crippen MR) is 69.8 cm³/mol. The van der Waals surface area contributed by atoms with Gasteiger partial charge in [0, 0.05) is 19.1 Å². The Balaban J connectivity index is 2.64. The van der Waals surface area contributed by atoms with Crippen LogP contribution in [0.3, 0.4) is 0 Å². The molecule has 1 aromatic heterocycles. The maximum Gasteiger partial charge on any atom is 0.229 e. The number of pyridine rings is 1. The van der Waals surface area contributed by atoms with Crippen molar-refractivity contribution in [2.24, 2.45) is 0 Å². The number of rotatable bonds is 3. The van der Waals surface area contributed by atoms with Crippen LogP contribution in [0.2, 0.25) is 0 Å². The third-order valence-corrected chi connectivity index (χ3v) is 2.64. The highest BCUT2D eigenvalue weighted by atomic mass is 32.2. The minimum absolute atomic E-state index is 0.106. The maximum atomic E-state index is 10.7. The summed E-state index contributed by atoms with van der Waals surface area (Å²) in [4.78, 5) is 14.7. The van der Waals surface area contributed by atoms with Gasteiger partial charge in [0.15, 0.2) is 5.12 Å². The average Bonchev–Trinajstić information content (AvgIpc) is 2.28. The van der Waals surface area contributed by atoms with E-state index in [0.717, 1.165) is 0 Å². The van der Waals surface area contributed by atoms with Crippen LogP contribution in [-0.2, 0) is 4.79 Å². The normalized spacial score (nSPS) is 9.29. The molecule has 0 aliphatic heterocycles. The molecule has 0 amide bonds. The monoisotopic (exact) mass is 250 g/mol. The molecule has 0 aliphatic rings. The third-order valence-electron chi connectivity index (χ3n) is 1.82. The van der Waals surface area contributed by atoms with Crippen molar-refractivity contribution in [3.05, 3.63) is 17.8 Å². The molecule has 0 saturated carbocycles. The summed E-state index contributed by atoms with van der Waals surface area (Å²) in [6.45, 7) is 1.54. The van der Waals surface area contributed by atoms with Gasteiger partial charge < -0.3 is 10.5 Å². The van der Waals surface area contributed by atoms with Crippen LogP contribution in [0.15, 0.2) is 12.3 Å². The van der Waals surface area contributed by atoms with E-state index in [2.05, 4.69) is 16.8 Å². The lowest BCUT2D eigenvalue weighted by molar-refractivity contribution is -0.109. The first-order chi connectivity index (χ1) is 8.13. The Morgan fingerprint density at radius 3 is 3.06 bits per heavy atom. The van der Waals surface area contributed by atoms with Gasteiger partial charge in [-0.2, -0.15) is 0 Å². The van der Waals surface area contributed by atoms with Crippen molar-refractivity contribution in [2.45, 2.75) is 13.3 Å². The standard InChI is InChI=1S/C12H14N2O2S/c1-9(15)17-6-4-3-5-10-7-11(13)8-14-12(10)16-2/h7-8H,4,6,13H2,1-2H3. The Kier molecular flexibility index (Phi) is 5.37. The number of carbonyl (C=O) groups is 1. The molecule has 2 N–H and O–H groups in total. The van der Waals surface area contributed by atoms with Crippen LogP contribution in [0.25, 0.3) is 0 Å². The number of nitrogens with two attached hydrogens (primary N) is 1. The summed E-state index contributed by atoms with van der Waals surface area (Å²) >= 11 is 1.27. The molecular weight excluding hydrogens is 236 g/mol.